The lowest BCUT2D eigenvalue weighted by Gasteiger charge is -2.29. The maximum Gasteiger partial charge on any atom is 0.306 e. The number of carbonyl (C=O) groups excluding carboxylic acids is 1. The van der Waals surface area contributed by atoms with Crippen molar-refractivity contribution in [2.75, 3.05) is 0 Å². The van der Waals surface area contributed by atoms with E-state index < -0.39 is 23.3 Å². The predicted molar refractivity (Wildman–Crippen MR) is 90.4 cm³/mol. The lowest BCUT2D eigenvalue weighted by Crippen LogP contribution is -2.33. The molecule has 5 nitrogen and oxygen atoms in total. The van der Waals surface area contributed by atoms with Crippen molar-refractivity contribution in [2.24, 2.45) is 5.92 Å². The Morgan fingerprint density at radius 2 is 2.08 bits per heavy atom. The molecule has 25 heavy (non-hydrogen) atoms. The van der Waals surface area contributed by atoms with Crippen LogP contribution in [0.2, 0.25) is 0 Å². The van der Waals surface area contributed by atoms with E-state index in [0.717, 1.165) is 6.42 Å². The zero-order valence-electron chi connectivity index (χ0n) is 15.8. The molecule has 1 aromatic heterocycles. The third-order valence-corrected chi connectivity index (χ3v) is 4.76. The highest BCUT2D eigenvalue weighted by molar-refractivity contribution is 5.70. The average Bonchev–Trinajstić information content (AvgIpc) is 2.93. The predicted octanol–water partition coefficient (Wildman–Crippen LogP) is 4.20. The number of rotatable bonds is 4. The van der Waals surface area contributed by atoms with Gasteiger partial charge in [-0.25, -0.2) is 4.68 Å². The van der Waals surface area contributed by atoms with Gasteiger partial charge in [-0.2, -0.15) is 8.78 Å². The summed E-state index contributed by atoms with van der Waals surface area (Å²) in [5, 5.41) is 7.82. The second-order valence-electron chi connectivity index (χ2n) is 7.95. The fourth-order valence-electron chi connectivity index (χ4n) is 3.17. The summed E-state index contributed by atoms with van der Waals surface area (Å²) in [4.78, 5) is 12.0. The molecule has 0 radical (unpaired) electrons. The van der Waals surface area contributed by atoms with E-state index in [9.17, 15) is 4.79 Å². The molecular weight excluding hydrogens is 328 g/mol. The third kappa shape index (κ3) is 4.36. The number of ether oxygens (including phenoxy) is 1. The Bertz CT molecular complexity index is 608. The van der Waals surface area contributed by atoms with Gasteiger partial charge in [0.2, 0.25) is 0 Å². The maximum atomic E-state index is 15.2. The standard InChI is InChI=1S/C18H29F2N3O2/c1-6-12(2)25-15(24)11-13-9-7-8-10-14-16(18(13,19)20)21-22-23(14)17(3,4)5/h12-13H,6-11H2,1-5H3. The summed E-state index contributed by atoms with van der Waals surface area (Å²) in [5.74, 6) is -4.86. The summed E-state index contributed by atoms with van der Waals surface area (Å²) in [6.45, 7) is 9.40. The molecule has 142 valence electrons. The fourth-order valence-corrected chi connectivity index (χ4v) is 3.17. The van der Waals surface area contributed by atoms with Crippen LogP contribution in [0.5, 0.6) is 0 Å². The van der Waals surface area contributed by atoms with E-state index in [4.69, 9.17) is 4.74 Å². The van der Waals surface area contributed by atoms with Crippen LogP contribution < -0.4 is 0 Å². The first-order chi connectivity index (χ1) is 11.6. The smallest absolute Gasteiger partial charge is 0.306 e. The number of aromatic nitrogens is 3. The molecule has 0 saturated heterocycles. The molecule has 7 heteroatoms. The van der Waals surface area contributed by atoms with Crippen molar-refractivity contribution >= 4 is 5.97 Å². The Balaban J connectivity index is 2.30. The fraction of sp³-hybridized carbons (Fsp3) is 0.833. The number of fused-ring (bicyclic) bond motifs is 1. The van der Waals surface area contributed by atoms with Crippen LogP contribution in [0.25, 0.3) is 0 Å². The van der Waals surface area contributed by atoms with Crippen molar-refractivity contribution in [2.45, 2.75) is 90.7 Å². The number of hydrogen-bond donors (Lipinski definition) is 0. The zero-order chi connectivity index (χ0) is 18.8. The normalized spacial score (nSPS) is 21.8. The molecule has 2 atom stereocenters. The van der Waals surface area contributed by atoms with Crippen molar-refractivity contribution in [3.05, 3.63) is 11.4 Å². The average molecular weight is 357 g/mol. The summed E-state index contributed by atoms with van der Waals surface area (Å²) in [6.07, 6.45) is 2.35. The van der Waals surface area contributed by atoms with Gasteiger partial charge in [-0.3, -0.25) is 4.79 Å². The number of carbonyl (C=O) groups is 1. The van der Waals surface area contributed by atoms with Gasteiger partial charge in [-0.15, -0.1) is 5.10 Å². The van der Waals surface area contributed by atoms with Crippen LogP contribution in [0, 0.1) is 5.92 Å². The largest absolute Gasteiger partial charge is 0.463 e. The lowest BCUT2D eigenvalue weighted by atomic mass is 9.85. The van der Waals surface area contributed by atoms with E-state index in [2.05, 4.69) is 10.3 Å². The van der Waals surface area contributed by atoms with E-state index in [1.54, 1.807) is 11.6 Å². The molecule has 0 saturated carbocycles. The monoisotopic (exact) mass is 357 g/mol. The van der Waals surface area contributed by atoms with Gasteiger partial charge in [0.15, 0.2) is 5.69 Å². The van der Waals surface area contributed by atoms with Crippen LogP contribution in [0.3, 0.4) is 0 Å². The van der Waals surface area contributed by atoms with Crippen LogP contribution in [-0.4, -0.2) is 27.1 Å². The van der Waals surface area contributed by atoms with Crippen molar-refractivity contribution in [3.63, 3.8) is 0 Å². The second-order valence-corrected chi connectivity index (χ2v) is 7.95. The summed E-state index contributed by atoms with van der Waals surface area (Å²) in [7, 11) is 0. The van der Waals surface area contributed by atoms with Crippen LogP contribution >= 0.6 is 0 Å². The summed E-state index contributed by atoms with van der Waals surface area (Å²) < 4.78 is 37.1. The molecule has 1 heterocycles. The SMILES string of the molecule is CCC(C)OC(=O)CC1CCCCc2c(nnn2C(C)(C)C)C1(F)F. The molecule has 0 aromatic carbocycles. The van der Waals surface area contributed by atoms with E-state index >= 15 is 8.78 Å². The second kappa shape index (κ2) is 7.38. The Kier molecular flexibility index (Phi) is 5.84. The van der Waals surface area contributed by atoms with Crippen molar-refractivity contribution in [1.29, 1.82) is 0 Å². The van der Waals surface area contributed by atoms with E-state index in [1.807, 2.05) is 27.7 Å². The van der Waals surface area contributed by atoms with Gasteiger partial charge in [0, 0.05) is 5.92 Å². The highest BCUT2D eigenvalue weighted by atomic mass is 19.3. The number of alkyl halides is 2. The number of halogens is 2. The Labute approximate surface area is 148 Å². The maximum absolute atomic E-state index is 15.2. The Morgan fingerprint density at radius 3 is 2.68 bits per heavy atom. The van der Waals surface area contributed by atoms with Gasteiger partial charge in [0.1, 0.15) is 0 Å². The lowest BCUT2D eigenvalue weighted by molar-refractivity contribution is -0.155. The molecule has 0 spiro atoms. The van der Waals surface area contributed by atoms with Crippen molar-refractivity contribution in [3.8, 4) is 0 Å². The van der Waals surface area contributed by atoms with Gasteiger partial charge in [0.05, 0.1) is 23.8 Å². The van der Waals surface area contributed by atoms with E-state index in [-0.39, 0.29) is 24.6 Å². The summed E-state index contributed by atoms with van der Waals surface area (Å²) in [5.41, 5.74) is -0.207. The molecule has 1 aliphatic rings. The molecule has 0 N–H and O–H groups in total. The molecule has 1 aromatic rings. The Morgan fingerprint density at radius 1 is 1.40 bits per heavy atom. The van der Waals surface area contributed by atoms with Gasteiger partial charge >= 0.3 is 5.97 Å². The minimum Gasteiger partial charge on any atom is -0.463 e. The van der Waals surface area contributed by atoms with Gasteiger partial charge in [-0.05, 0) is 53.4 Å². The molecule has 2 rings (SSSR count). The molecule has 2 unspecified atom stereocenters. The van der Waals surface area contributed by atoms with Gasteiger partial charge < -0.3 is 4.74 Å². The minimum absolute atomic E-state index is 0.257. The number of nitrogens with zero attached hydrogens (tertiary/aromatic N) is 3. The highest BCUT2D eigenvalue weighted by Crippen LogP contribution is 2.43. The first-order valence-electron chi connectivity index (χ1n) is 9.10. The van der Waals surface area contributed by atoms with Crippen molar-refractivity contribution < 1.29 is 18.3 Å². The highest BCUT2D eigenvalue weighted by Gasteiger charge is 2.48. The summed E-state index contributed by atoms with van der Waals surface area (Å²) in [6, 6.07) is 0. The topological polar surface area (TPSA) is 57.0 Å². The first kappa shape index (κ1) is 19.8. The summed E-state index contributed by atoms with van der Waals surface area (Å²) >= 11 is 0. The van der Waals surface area contributed by atoms with E-state index in [0.29, 0.717) is 25.0 Å². The molecule has 0 bridgehead atoms. The molecule has 0 aliphatic heterocycles. The molecule has 0 fully saturated rings. The van der Waals surface area contributed by atoms with Crippen LogP contribution in [-0.2, 0) is 27.4 Å². The third-order valence-electron chi connectivity index (χ3n) is 4.76. The van der Waals surface area contributed by atoms with Gasteiger partial charge in [0.25, 0.3) is 5.92 Å². The van der Waals surface area contributed by atoms with E-state index in [1.165, 1.54) is 0 Å². The van der Waals surface area contributed by atoms with Crippen LogP contribution in [0.4, 0.5) is 8.78 Å². The zero-order valence-corrected chi connectivity index (χ0v) is 15.8. The first-order valence-corrected chi connectivity index (χ1v) is 9.10. The quantitative estimate of drug-likeness (QED) is 0.758. The number of esters is 1. The Hall–Kier alpha value is -1.53. The molecule has 0 amide bonds. The van der Waals surface area contributed by atoms with Crippen LogP contribution in [0.1, 0.15) is 78.1 Å². The molecule has 1 aliphatic carbocycles. The minimum atomic E-state index is -3.19. The molecular formula is C18H29F2N3O2. The van der Waals surface area contributed by atoms with Gasteiger partial charge in [-0.1, -0.05) is 18.6 Å². The van der Waals surface area contributed by atoms with Crippen LogP contribution in [0.15, 0.2) is 0 Å². The van der Waals surface area contributed by atoms with Crippen molar-refractivity contribution in [1.82, 2.24) is 15.0 Å². The number of hydrogen-bond acceptors (Lipinski definition) is 4.